The number of benzene rings is 1. The number of nitrogens with one attached hydrogen (secondary N) is 1. The maximum atomic E-state index is 5.96. The number of rotatable bonds is 4. The fraction of sp³-hybridized carbons (Fsp3) is 0.308. The van der Waals surface area contributed by atoms with Crippen LogP contribution in [0.4, 0.5) is 0 Å². The molecule has 0 unspecified atom stereocenters. The van der Waals surface area contributed by atoms with E-state index in [0.717, 1.165) is 26.5 Å². The Balaban J connectivity index is 1.78. The molecule has 0 bridgehead atoms. The highest BCUT2D eigenvalue weighted by Crippen LogP contribution is 2.22. The molecule has 5 heteroatoms. The van der Waals surface area contributed by atoms with E-state index < -0.39 is 0 Å². The molecule has 94 valence electrons. The van der Waals surface area contributed by atoms with Gasteiger partial charge in [-0.15, -0.1) is 0 Å². The first kappa shape index (κ1) is 12.4. The van der Waals surface area contributed by atoms with Crippen LogP contribution < -0.4 is 5.32 Å². The summed E-state index contributed by atoms with van der Waals surface area (Å²) < 4.78 is 3.01. The Hall–Kier alpha value is -0.590. The first-order valence-corrected chi connectivity index (χ1v) is 7.41. The monoisotopic (exact) mass is 373 g/mol. The summed E-state index contributed by atoms with van der Waals surface area (Å²) in [5.74, 6) is 0. The van der Waals surface area contributed by atoms with Gasteiger partial charge < -0.3 is 5.32 Å². The zero-order valence-corrected chi connectivity index (χ0v) is 12.6. The van der Waals surface area contributed by atoms with Crippen LogP contribution in [-0.2, 0) is 6.54 Å². The van der Waals surface area contributed by atoms with E-state index >= 15 is 0 Å². The van der Waals surface area contributed by atoms with Gasteiger partial charge in [0.05, 0.1) is 11.4 Å². The summed E-state index contributed by atoms with van der Waals surface area (Å²) in [6.45, 7) is 0.849. The molecule has 3 nitrogen and oxygen atoms in total. The van der Waals surface area contributed by atoms with Gasteiger partial charge in [-0.3, -0.25) is 0 Å². The summed E-state index contributed by atoms with van der Waals surface area (Å²) in [6.07, 6.45) is 4.60. The van der Waals surface area contributed by atoms with Crippen LogP contribution in [0.2, 0.25) is 5.02 Å². The maximum absolute atomic E-state index is 5.96. The third kappa shape index (κ3) is 2.87. The Morgan fingerprint density at radius 3 is 2.94 bits per heavy atom. The molecule has 1 saturated carbocycles. The molecule has 0 amide bonds. The van der Waals surface area contributed by atoms with Crippen LogP contribution in [0.3, 0.4) is 0 Å². The number of aromatic nitrogens is 2. The third-order valence-electron chi connectivity index (χ3n) is 2.95. The minimum Gasteiger partial charge on any atom is -0.308 e. The van der Waals surface area contributed by atoms with Gasteiger partial charge in [-0.05, 0) is 59.7 Å². The average molecular weight is 374 g/mol. The molecule has 3 rings (SSSR count). The Morgan fingerprint density at radius 1 is 1.39 bits per heavy atom. The van der Waals surface area contributed by atoms with Crippen molar-refractivity contribution in [3.8, 4) is 5.69 Å². The van der Waals surface area contributed by atoms with Crippen LogP contribution >= 0.6 is 34.2 Å². The second-order valence-electron chi connectivity index (χ2n) is 4.50. The van der Waals surface area contributed by atoms with E-state index in [1.807, 2.05) is 29.1 Å². The summed E-state index contributed by atoms with van der Waals surface area (Å²) >= 11 is 8.24. The van der Waals surface area contributed by atoms with E-state index in [0.29, 0.717) is 6.04 Å². The first-order valence-electron chi connectivity index (χ1n) is 5.96. The predicted molar refractivity (Wildman–Crippen MR) is 81.2 cm³/mol. The maximum Gasteiger partial charge on any atom is 0.0780 e. The largest absolute Gasteiger partial charge is 0.308 e. The van der Waals surface area contributed by atoms with Crippen LogP contribution in [0.25, 0.3) is 5.69 Å². The molecule has 1 heterocycles. The van der Waals surface area contributed by atoms with Gasteiger partial charge in [0.25, 0.3) is 0 Å². The van der Waals surface area contributed by atoms with Gasteiger partial charge >= 0.3 is 0 Å². The molecule has 0 spiro atoms. The molecule has 1 aromatic carbocycles. The van der Waals surface area contributed by atoms with Gasteiger partial charge in [0, 0.05) is 27.4 Å². The van der Waals surface area contributed by atoms with Crippen molar-refractivity contribution in [1.82, 2.24) is 15.1 Å². The lowest BCUT2D eigenvalue weighted by Crippen LogP contribution is -2.15. The number of hydrogen-bond donors (Lipinski definition) is 1. The lowest BCUT2D eigenvalue weighted by molar-refractivity contribution is 0.664. The fourth-order valence-corrected chi connectivity index (χ4v) is 2.91. The summed E-state index contributed by atoms with van der Waals surface area (Å²) in [5.41, 5.74) is 2.14. The Bertz CT molecular complexity index is 563. The molecule has 2 aromatic rings. The minimum absolute atomic E-state index is 0.714. The normalized spacial score (nSPS) is 15.0. The smallest absolute Gasteiger partial charge is 0.0780 e. The van der Waals surface area contributed by atoms with Crippen molar-refractivity contribution in [3.05, 3.63) is 44.7 Å². The molecular formula is C13H13ClIN3. The van der Waals surface area contributed by atoms with Crippen molar-refractivity contribution >= 4 is 34.2 Å². The summed E-state index contributed by atoms with van der Waals surface area (Å²) in [7, 11) is 0. The van der Waals surface area contributed by atoms with E-state index in [9.17, 15) is 0 Å². The predicted octanol–water partition coefficient (Wildman–Crippen LogP) is 3.38. The van der Waals surface area contributed by atoms with Crippen molar-refractivity contribution in [1.29, 1.82) is 0 Å². The molecule has 1 fully saturated rings. The summed E-state index contributed by atoms with van der Waals surface area (Å²) in [6, 6.07) is 8.60. The third-order valence-corrected chi connectivity index (χ3v) is 4.05. The van der Waals surface area contributed by atoms with Crippen LogP contribution in [-0.4, -0.2) is 15.8 Å². The molecule has 18 heavy (non-hydrogen) atoms. The molecule has 0 atom stereocenters. The lowest BCUT2D eigenvalue weighted by atomic mass is 10.3. The lowest BCUT2D eigenvalue weighted by Gasteiger charge is -2.05. The molecule has 0 radical (unpaired) electrons. The zero-order valence-electron chi connectivity index (χ0n) is 9.74. The van der Waals surface area contributed by atoms with E-state index in [2.05, 4.69) is 39.1 Å². The van der Waals surface area contributed by atoms with Crippen LogP contribution in [0, 0.1) is 3.57 Å². The average Bonchev–Trinajstić information content (AvgIpc) is 3.05. The summed E-state index contributed by atoms with van der Waals surface area (Å²) in [4.78, 5) is 0. The van der Waals surface area contributed by atoms with Gasteiger partial charge in [-0.25, -0.2) is 4.68 Å². The van der Waals surface area contributed by atoms with Gasteiger partial charge in [0.15, 0.2) is 0 Å². The van der Waals surface area contributed by atoms with E-state index in [-0.39, 0.29) is 0 Å². The van der Waals surface area contributed by atoms with Crippen molar-refractivity contribution in [2.24, 2.45) is 0 Å². The van der Waals surface area contributed by atoms with Crippen LogP contribution in [0.15, 0.2) is 30.5 Å². The zero-order chi connectivity index (χ0) is 12.5. The SMILES string of the molecule is Clc1ccc(-n2ccc(CNC3CC3)n2)c(I)c1. The Kier molecular flexibility index (Phi) is 3.59. The molecule has 1 aliphatic rings. The molecular weight excluding hydrogens is 361 g/mol. The highest BCUT2D eigenvalue weighted by Gasteiger charge is 2.20. The van der Waals surface area contributed by atoms with Gasteiger partial charge in [0.1, 0.15) is 0 Å². The van der Waals surface area contributed by atoms with Crippen molar-refractivity contribution in [2.45, 2.75) is 25.4 Å². The minimum atomic E-state index is 0.714. The Labute approximate surface area is 125 Å². The van der Waals surface area contributed by atoms with Gasteiger partial charge in [-0.2, -0.15) is 5.10 Å². The second-order valence-corrected chi connectivity index (χ2v) is 6.10. The van der Waals surface area contributed by atoms with Crippen molar-refractivity contribution in [2.75, 3.05) is 0 Å². The number of halogens is 2. The fourth-order valence-electron chi connectivity index (χ4n) is 1.79. The van der Waals surface area contributed by atoms with E-state index in [1.54, 1.807) is 0 Å². The van der Waals surface area contributed by atoms with Gasteiger partial charge in [0.2, 0.25) is 0 Å². The highest BCUT2D eigenvalue weighted by atomic mass is 127. The van der Waals surface area contributed by atoms with Crippen LogP contribution in [0.5, 0.6) is 0 Å². The number of nitrogens with zero attached hydrogens (tertiary/aromatic N) is 2. The topological polar surface area (TPSA) is 29.9 Å². The molecule has 0 aliphatic heterocycles. The highest BCUT2D eigenvalue weighted by molar-refractivity contribution is 14.1. The molecule has 0 saturated heterocycles. The first-order chi connectivity index (χ1) is 8.72. The quantitative estimate of drug-likeness (QED) is 0.833. The van der Waals surface area contributed by atoms with E-state index in [4.69, 9.17) is 11.6 Å². The molecule has 1 aliphatic carbocycles. The van der Waals surface area contributed by atoms with Crippen molar-refractivity contribution < 1.29 is 0 Å². The molecule has 1 aromatic heterocycles. The number of hydrogen-bond acceptors (Lipinski definition) is 2. The van der Waals surface area contributed by atoms with Crippen LogP contribution in [0.1, 0.15) is 18.5 Å². The van der Waals surface area contributed by atoms with Crippen molar-refractivity contribution in [3.63, 3.8) is 0 Å². The standard InChI is InChI=1S/C13H13ClIN3/c14-9-1-4-13(12(15)7-9)18-6-5-11(17-18)8-16-10-2-3-10/h1,4-7,10,16H,2-3,8H2. The van der Waals surface area contributed by atoms with E-state index in [1.165, 1.54) is 12.8 Å². The van der Waals surface area contributed by atoms with Gasteiger partial charge in [-0.1, -0.05) is 11.6 Å². The second kappa shape index (κ2) is 5.19. The Morgan fingerprint density at radius 2 is 2.22 bits per heavy atom. The molecule has 1 N–H and O–H groups in total. The summed E-state index contributed by atoms with van der Waals surface area (Å²) in [5, 5.41) is 8.80.